The Bertz CT molecular complexity index is 1160. The van der Waals surface area contributed by atoms with Crippen LogP contribution in [-0.4, -0.2) is 27.3 Å². The molecule has 0 amide bonds. The number of hydrogen-bond acceptors (Lipinski definition) is 6. The highest BCUT2D eigenvalue weighted by molar-refractivity contribution is 7.98. The van der Waals surface area contributed by atoms with Crippen LogP contribution in [0, 0.1) is 12.7 Å². The molecule has 2 aromatic carbocycles. The van der Waals surface area contributed by atoms with Crippen LogP contribution in [0.4, 0.5) is 10.3 Å². The summed E-state index contributed by atoms with van der Waals surface area (Å²) in [5.41, 5.74) is 3.62. The van der Waals surface area contributed by atoms with Crippen molar-refractivity contribution in [1.29, 1.82) is 0 Å². The Labute approximate surface area is 184 Å². The number of thioether (sulfide) groups is 1. The molecule has 8 heteroatoms. The van der Waals surface area contributed by atoms with Crippen LogP contribution in [0.3, 0.4) is 0 Å². The highest BCUT2D eigenvalue weighted by atomic mass is 32.2. The van der Waals surface area contributed by atoms with E-state index in [-0.39, 0.29) is 6.61 Å². The molecule has 1 atom stereocenters. The summed E-state index contributed by atoms with van der Waals surface area (Å²) in [6.07, 6.45) is 0. The first-order valence-electron chi connectivity index (χ1n) is 10.0. The quantitative estimate of drug-likeness (QED) is 0.437. The lowest BCUT2D eigenvalue weighted by Crippen LogP contribution is -2.30. The molecule has 6 nitrogen and oxygen atoms in total. The van der Waals surface area contributed by atoms with Crippen molar-refractivity contribution < 1.29 is 13.9 Å². The molecular weight excluding hydrogens is 415 g/mol. The molecule has 3 aromatic rings. The molecule has 0 radical (unpaired) electrons. The molecular formula is C23H23FN4O2S. The molecule has 0 saturated heterocycles. The molecule has 4 rings (SSSR count). The van der Waals surface area contributed by atoms with Crippen molar-refractivity contribution in [2.45, 2.75) is 37.7 Å². The number of hydrogen-bond donors (Lipinski definition) is 1. The zero-order valence-corrected chi connectivity index (χ0v) is 18.4. The molecule has 0 bridgehead atoms. The number of esters is 1. The molecule has 31 heavy (non-hydrogen) atoms. The number of carbonyl (C=O) groups is 1. The smallest absolute Gasteiger partial charge is 0.338 e. The van der Waals surface area contributed by atoms with Crippen molar-refractivity contribution >= 4 is 23.7 Å². The number of rotatable bonds is 6. The number of nitrogens with zero attached hydrogens (tertiary/aromatic N) is 3. The predicted octanol–water partition coefficient (Wildman–Crippen LogP) is 4.87. The molecule has 160 valence electrons. The van der Waals surface area contributed by atoms with Crippen LogP contribution in [0.15, 0.2) is 65.0 Å². The minimum Gasteiger partial charge on any atom is -0.463 e. The summed E-state index contributed by atoms with van der Waals surface area (Å²) >= 11 is 1.49. The summed E-state index contributed by atoms with van der Waals surface area (Å²) in [5.74, 6) is 0.249. The van der Waals surface area contributed by atoms with Crippen LogP contribution >= 0.6 is 11.8 Å². The zero-order chi connectivity index (χ0) is 22.0. The number of fused-ring (bicyclic) bond motifs is 1. The Balaban J connectivity index is 1.72. The standard InChI is InChI=1S/C23H23FN4O2S/c1-4-30-21(29)19-15(3)25-22-26-23(31-13-16-10-6-5-9-14(16)2)27-28(22)20(19)17-11-7-8-12-18(17)24/h5-12,20H,4,13H2,1-3H3,(H,25,26,27)/t20-/m0/s1. The van der Waals surface area contributed by atoms with Gasteiger partial charge in [0.15, 0.2) is 0 Å². The van der Waals surface area contributed by atoms with Crippen LogP contribution in [0.25, 0.3) is 0 Å². The molecule has 1 aromatic heterocycles. The van der Waals surface area contributed by atoms with E-state index >= 15 is 0 Å². The van der Waals surface area contributed by atoms with Gasteiger partial charge in [0.05, 0.1) is 12.2 Å². The Hall–Kier alpha value is -3.13. The number of allylic oxidation sites excluding steroid dienone is 1. The highest BCUT2D eigenvalue weighted by Gasteiger charge is 2.36. The van der Waals surface area contributed by atoms with E-state index in [2.05, 4.69) is 34.5 Å². The van der Waals surface area contributed by atoms with Crippen LogP contribution in [0.5, 0.6) is 0 Å². The van der Waals surface area contributed by atoms with E-state index in [1.165, 1.54) is 29.0 Å². The van der Waals surface area contributed by atoms with E-state index < -0.39 is 17.8 Å². The lowest BCUT2D eigenvalue weighted by molar-refractivity contribution is -0.139. The van der Waals surface area contributed by atoms with Crippen LogP contribution in [-0.2, 0) is 15.3 Å². The monoisotopic (exact) mass is 438 g/mol. The van der Waals surface area contributed by atoms with Gasteiger partial charge in [-0.25, -0.2) is 13.9 Å². The number of ether oxygens (including phenoxy) is 1. The van der Waals surface area contributed by atoms with E-state index in [4.69, 9.17) is 4.74 Å². The Morgan fingerprint density at radius 1 is 1.19 bits per heavy atom. The zero-order valence-electron chi connectivity index (χ0n) is 17.6. The Morgan fingerprint density at radius 2 is 1.94 bits per heavy atom. The first-order valence-corrected chi connectivity index (χ1v) is 11.0. The average Bonchev–Trinajstić information content (AvgIpc) is 3.15. The number of aryl methyl sites for hydroxylation is 1. The van der Waals surface area contributed by atoms with Crippen LogP contribution in [0.1, 0.15) is 36.6 Å². The van der Waals surface area contributed by atoms with Crippen molar-refractivity contribution in [1.82, 2.24) is 14.8 Å². The summed E-state index contributed by atoms with van der Waals surface area (Å²) < 4.78 is 21.6. The van der Waals surface area contributed by atoms with Gasteiger partial charge in [0.2, 0.25) is 11.1 Å². The van der Waals surface area contributed by atoms with Crippen LogP contribution in [0.2, 0.25) is 0 Å². The number of halogens is 1. The lowest BCUT2D eigenvalue weighted by Gasteiger charge is -2.28. The van der Waals surface area contributed by atoms with Crippen LogP contribution < -0.4 is 5.32 Å². The Kier molecular flexibility index (Phi) is 6.08. The van der Waals surface area contributed by atoms with Gasteiger partial charge in [-0.1, -0.05) is 54.2 Å². The van der Waals surface area contributed by atoms with Gasteiger partial charge in [0.25, 0.3) is 0 Å². The van der Waals surface area contributed by atoms with Gasteiger partial charge >= 0.3 is 5.97 Å². The molecule has 2 heterocycles. The minimum absolute atomic E-state index is 0.224. The van der Waals surface area contributed by atoms with E-state index in [9.17, 15) is 9.18 Å². The average molecular weight is 439 g/mol. The summed E-state index contributed by atoms with van der Waals surface area (Å²) in [6, 6.07) is 13.8. The summed E-state index contributed by atoms with van der Waals surface area (Å²) in [6.45, 7) is 5.79. The van der Waals surface area contributed by atoms with Gasteiger partial charge in [0, 0.05) is 17.0 Å². The molecule has 0 aliphatic carbocycles. The fourth-order valence-corrected chi connectivity index (χ4v) is 4.47. The second-order valence-electron chi connectivity index (χ2n) is 7.19. The largest absolute Gasteiger partial charge is 0.463 e. The maximum Gasteiger partial charge on any atom is 0.338 e. The Morgan fingerprint density at radius 3 is 2.68 bits per heavy atom. The number of aromatic nitrogens is 3. The SMILES string of the molecule is CCOC(=O)C1=C(C)Nc2nc(SCc3ccccc3C)nn2[C@H]1c1ccccc1F. The molecule has 1 aliphatic heterocycles. The van der Waals surface area contributed by atoms with Crippen molar-refractivity contribution in [2.24, 2.45) is 0 Å². The normalized spacial score (nSPS) is 15.4. The second kappa shape index (κ2) is 8.93. The van der Waals surface area contributed by atoms with Gasteiger partial charge in [-0.2, -0.15) is 4.98 Å². The molecule has 0 fully saturated rings. The topological polar surface area (TPSA) is 69.0 Å². The van der Waals surface area contributed by atoms with E-state index in [0.717, 1.165) is 0 Å². The predicted molar refractivity (Wildman–Crippen MR) is 118 cm³/mol. The van der Waals surface area contributed by atoms with Crippen molar-refractivity contribution in [3.8, 4) is 0 Å². The number of anilines is 1. The number of benzene rings is 2. The maximum absolute atomic E-state index is 14.8. The van der Waals surface area contributed by atoms with E-state index in [1.807, 2.05) is 12.1 Å². The van der Waals surface area contributed by atoms with Gasteiger partial charge < -0.3 is 10.1 Å². The molecule has 1 aliphatic rings. The summed E-state index contributed by atoms with van der Waals surface area (Å²) in [4.78, 5) is 17.3. The molecule has 0 unspecified atom stereocenters. The number of carbonyl (C=O) groups excluding carboxylic acids is 1. The van der Waals surface area contributed by atoms with Gasteiger partial charge in [-0.3, -0.25) is 0 Å². The third-order valence-electron chi connectivity index (χ3n) is 5.15. The summed E-state index contributed by atoms with van der Waals surface area (Å²) in [5, 5.41) is 8.30. The fourth-order valence-electron chi connectivity index (χ4n) is 3.56. The summed E-state index contributed by atoms with van der Waals surface area (Å²) in [7, 11) is 0. The third kappa shape index (κ3) is 4.20. The van der Waals surface area contributed by atoms with Gasteiger partial charge in [-0.05, 0) is 38.0 Å². The molecule has 0 saturated carbocycles. The lowest BCUT2D eigenvalue weighted by atomic mass is 9.95. The van der Waals surface area contributed by atoms with E-state index in [1.54, 1.807) is 36.7 Å². The second-order valence-corrected chi connectivity index (χ2v) is 8.13. The van der Waals surface area contributed by atoms with Crippen molar-refractivity contribution in [2.75, 3.05) is 11.9 Å². The highest BCUT2D eigenvalue weighted by Crippen LogP contribution is 2.38. The molecule has 0 spiro atoms. The number of nitrogens with one attached hydrogen (secondary N) is 1. The van der Waals surface area contributed by atoms with Crippen molar-refractivity contribution in [3.05, 3.63) is 82.3 Å². The van der Waals surface area contributed by atoms with Gasteiger partial charge in [-0.15, -0.1) is 5.10 Å². The fraction of sp³-hybridized carbons (Fsp3) is 0.261. The third-order valence-corrected chi connectivity index (χ3v) is 6.03. The van der Waals surface area contributed by atoms with Crippen molar-refractivity contribution in [3.63, 3.8) is 0 Å². The first-order chi connectivity index (χ1) is 15.0. The maximum atomic E-state index is 14.8. The van der Waals surface area contributed by atoms with E-state index in [0.29, 0.717) is 33.7 Å². The molecule has 1 N–H and O–H groups in total. The minimum atomic E-state index is -0.767. The van der Waals surface area contributed by atoms with Gasteiger partial charge in [0.1, 0.15) is 11.9 Å². The first kappa shape index (κ1) is 21.1.